The Bertz CT molecular complexity index is 909. The van der Waals surface area contributed by atoms with Crippen LogP contribution >= 0.6 is 27.5 Å². The molecule has 1 N–H and O–H groups in total. The first-order valence-electron chi connectivity index (χ1n) is 6.76. The number of nitrogens with zero attached hydrogens (tertiary/aromatic N) is 5. The Morgan fingerprint density at radius 3 is 2.88 bits per heavy atom. The van der Waals surface area contributed by atoms with Gasteiger partial charge in [-0.2, -0.15) is 5.10 Å². The maximum absolute atomic E-state index is 13.1. The molecule has 0 aliphatic heterocycles. The van der Waals surface area contributed by atoms with Gasteiger partial charge in [0.2, 0.25) is 5.95 Å². The number of aromatic nitrogens is 5. The highest BCUT2D eigenvalue weighted by Gasteiger charge is 2.16. The third-order valence-corrected chi connectivity index (χ3v) is 4.04. The van der Waals surface area contributed by atoms with E-state index >= 15 is 0 Å². The number of carbonyl (C=O) groups is 1. The van der Waals surface area contributed by atoms with E-state index in [4.69, 9.17) is 11.6 Å². The molecule has 2 heterocycles. The largest absolute Gasteiger partial charge is 0.288 e. The van der Waals surface area contributed by atoms with Crippen molar-refractivity contribution in [3.05, 3.63) is 57.3 Å². The number of amides is 1. The molecule has 0 aliphatic carbocycles. The number of nitrogens with one attached hydrogen (secondary N) is 1. The maximum Gasteiger partial charge on any atom is 0.279 e. The normalized spacial score (nSPS) is 10.8. The van der Waals surface area contributed by atoms with E-state index in [2.05, 4.69) is 36.4 Å². The fourth-order valence-corrected chi connectivity index (χ4v) is 2.81. The molecular formula is C14H11BrClFN6O. The SMILES string of the molecule is Cn1cc(Br)c(C(=O)Nc2ncn(Cc3ccc(F)cc3Cl)n2)n1. The van der Waals surface area contributed by atoms with Crippen molar-refractivity contribution in [3.8, 4) is 0 Å². The van der Waals surface area contributed by atoms with E-state index in [1.165, 1.54) is 27.8 Å². The number of aryl methyl sites for hydroxylation is 1. The standard InChI is InChI=1S/C14H11BrClFN6O/c1-22-6-10(15)12(20-22)13(24)19-14-18-7-23(21-14)5-8-2-3-9(17)4-11(8)16/h2-4,6-7H,5H2,1H3,(H,19,21,24). The second kappa shape index (κ2) is 6.70. The molecule has 0 unspecified atom stereocenters. The molecule has 0 radical (unpaired) electrons. The quantitative estimate of drug-likeness (QED) is 0.713. The first kappa shape index (κ1) is 16.6. The number of halogens is 3. The van der Waals surface area contributed by atoms with Crippen LogP contribution in [0.15, 0.2) is 35.2 Å². The van der Waals surface area contributed by atoms with Crippen molar-refractivity contribution in [3.63, 3.8) is 0 Å². The van der Waals surface area contributed by atoms with Gasteiger partial charge < -0.3 is 0 Å². The number of hydrogen-bond donors (Lipinski definition) is 1. The first-order valence-corrected chi connectivity index (χ1v) is 7.93. The first-order chi connectivity index (χ1) is 11.4. The third kappa shape index (κ3) is 3.62. The lowest BCUT2D eigenvalue weighted by Crippen LogP contribution is -2.15. The predicted molar refractivity (Wildman–Crippen MR) is 89.4 cm³/mol. The van der Waals surface area contributed by atoms with E-state index in [1.807, 2.05) is 0 Å². The summed E-state index contributed by atoms with van der Waals surface area (Å²) >= 11 is 9.24. The van der Waals surface area contributed by atoms with Gasteiger partial charge in [0.1, 0.15) is 12.1 Å². The van der Waals surface area contributed by atoms with Crippen molar-refractivity contribution in [2.75, 3.05) is 5.32 Å². The monoisotopic (exact) mass is 412 g/mol. The summed E-state index contributed by atoms with van der Waals surface area (Å²) in [5.41, 5.74) is 0.920. The lowest BCUT2D eigenvalue weighted by Gasteiger charge is -2.04. The number of rotatable bonds is 4. The Morgan fingerprint density at radius 2 is 2.21 bits per heavy atom. The van der Waals surface area contributed by atoms with Crippen LogP contribution in [0.2, 0.25) is 5.02 Å². The molecular weight excluding hydrogens is 403 g/mol. The average Bonchev–Trinajstić information content (AvgIpc) is 3.08. The van der Waals surface area contributed by atoms with Crippen LogP contribution in [0.4, 0.5) is 10.3 Å². The van der Waals surface area contributed by atoms with Crippen LogP contribution in [0, 0.1) is 5.82 Å². The molecule has 3 aromatic rings. The number of benzene rings is 1. The van der Waals surface area contributed by atoms with Gasteiger partial charge in [-0.3, -0.25) is 14.8 Å². The molecule has 0 fully saturated rings. The van der Waals surface area contributed by atoms with Gasteiger partial charge in [-0.15, -0.1) is 5.10 Å². The molecule has 24 heavy (non-hydrogen) atoms. The summed E-state index contributed by atoms with van der Waals surface area (Å²) in [4.78, 5) is 16.2. The Hall–Kier alpha value is -2.26. The third-order valence-electron chi connectivity index (χ3n) is 3.11. The molecule has 1 amide bonds. The van der Waals surface area contributed by atoms with Gasteiger partial charge in [0, 0.05) is 18.3 Å². The van der Waals surface area contributed by atoms with Crippen molar-refractivity contribution >= 4 is 39.4 Å². The van der Waals surface area contributed by atoms with Crippen molar-refractivity contribution in [1.82, 2.24) is 24.5 Å². The maximum atomic E-state index is 13.1. The molecule has 0 saturated heterocycles. The highest BCUT2D eigenvalue weighted by atomic mass is 79.9. The van der Waals surface area contributed by atoms with E-state index in [9.17, 15) is 9.18 Å². The van der Waals surface area contributed by atoms with Gasteiger partial charge in [0.25, 0.3) is 5.91 Å². The van der Waals surface area contributed by atoms with Crippen LogP contribution in [0.3, 0.4) is 0 Å². The summed E-state index contributed by atoms with van der Waals surface area (Å²) < 4.78 is 16.6. The summed E-state index contributed by atoms with van der Waals surface area (Å²) in [6.45, 7) is 0.301. The average molecular weight is 414 g/mol. The Kier molecular flexibility index (Phi) is 4.63. The lowest BCUT2D eigenvalue weighted by atomic mass is 10.2. The van der Waals surface area contributed by atoms with Crippen LogP contribution in [0.5, 0.6) is 0 Å². The highest BCUT2D eigenvalue weighted by molar-refractivity contribution is 9.10. The minimum Gasteiger partial charge on any atom is -0.288 e. The molecule has 3 rings (SSSR count). The Labute approximate surface area is 149 Å². The Morgan fingerprint density at radius 1 is 1.42 bits per heavy atom. The van der Waals surface area contributed by atoms with Crippen molar-refractivity contribution in [2.24, 2.45) is 7.05 Å². The zero-order valence-electron chi connectivity index (χ0n) is 12.4. The fourth-order valence-electron chi connectivity index (χ4n) is 2.03. The molecule has 2 aromatic heterocycles. The summed E-state index contributed by atoms with van der Waals surface area (Å²) in [6, 6.07) is 4.12. The number of carbonyl (C=O) groups excluding carboxylic acids is 1. The minimum absolute atomic E-state index is 0.135. The molecule has 7 nitrogen and oxygen atoms in total. The van der Waals surface area contributed by atoms with E-state index in [-0.39, 0.29) is 11.6 Å². The second-order valence-corrected chi connectivity index (χ2v) is 6.22. The molecule has 124 valence electrons. The molecule has 10 heteroatoms. The molecule has 0 spiro atoms. The fraction of sp³-hybridized carbons (Fsp3) is 0.143. The van der Waals surface area contributed by atoms with E-state index < -0.39 is 11.7 Å². The second-order valence-electron chi connectivity index (χ2n) is 4.95. The molecule has 0 aliphatic rings. The zero-order valence-corrected chi connectivity index (χ0v) is 14.7. The van der Waals surface area contributed by atoms with Crippen molar-refractivity contribution in [2.45, 2.75) is 6.54 Å². The van der Waals surface area contributed by atoms with Crippen LogP contribution in [-0.4, -0.2) is 30.5 Å². The van der Waals surface area contributed by atoms with Crippen molar-refractivity contribution in [1.29, 1.82) is 0 Å². The molecule has 0 atom stereocenters. The number of anilines is 1. The van der Waals surface area contributed by atoms with E-state index in [1.54, 1.807) is 19.3 Å². The van der Waals surface area contributed by atoms with E-state index in [0.29, 0.717) is 21.6 Å². The smallest absolute Gasteiger partial charge is 0.279 e. The van der Waals surface area contributed by atoms with Gasteiger partial charge in [-0.1, -0.05) is 17.7 Å². The van der Waals surface area contributed by atoms with Crippen LogP contribution < -0.4 is 5.32 Å². The topological polar surface area (TPSA) is 77.6 Å². The minimum atomic E-state index is -0.431. The summed E-state index contributed by atoms with van der Waals surface area (Å²) in [6.07, 6.45) is 3.11. The summed E-state index contributed by atoms with van der Waals surface area (Å²) in [5, 5.41) is 11.0. The predicted octanol–water partition coefficient (Wildman–Crippen LogP) is 2.87. The van der Waals surface area contributed by atoms with Gasteiger partial charge in [-0.05, 0) is 33.6 Å². The highest BCUT2D eigenvalue weighted by Crippen LogP contribution is 2.18. The van der Waals surface area contributed by atoms with Crippen LogP contribution in [0.1, 0.15) is 16.1 Å². The molecule has 0 bridgehead atoms. The summed E-state index contributed by atoms with van der Waals surface area (Å²) in [7, 11) is 1.71. The van der Waals surface area contributed by atoms with E-state index in [0.717, 1.165) is 0 Å². The van der Waals surface area contributed by atoms with Crippen molar-refractivity contribution < 1.29 is 9.18 Å². The lowest BCUT2D eigenvalue weighted by molar-refractivity contribution is 0.102. The molecule has 0 saturated carbocycles. The van der Waals surface area contributed by atoms with Crippen LogP contribution in [0.25, 0.3) is 0 Å². The summed E-state index contributed by atoms with van der Waals surface area (Å²) in [5.74, 6) is -0.702. The van der Waals surface area contributed by atoms with Crippen LogP contribution in [-0.2, 0) is 13.6 Å². The van der Waals surface area contributed by atoms with Gasteiger partial charge in [-0.25, -0.2) is 14.1 Å². The van der Waals surface area contributed by atoms with Gasteiger partial charge >= 0.3 is 0 Å². The van der Waals surface area contributed by atoms with Gasteiger partial charge in [0.15, 0.2) is 5.69 Å². The van der Waals surface area contributed by atoms with Gasteiger partial charge in [0.05, 0.1) is 11.0 Å². The molecule has 1 aromatic carbocycles. The Balaban J connectivity index is 1.71. The zero-order chi connectivity index (χ0) is 17.3. The number of hydrogen-bond acceptors (Lipinski definition) is 4.